The van der Waals surface area contributed by atoms with Crippen LogP contribution in [0.5, 0.6) is 0 Å². The fraction of sp³-hybridized carbons (Fsp3) is 0.273. The van der Waals surface area contributed by atoms with E-state index in [1.54, 1.807) is 18.2 Å². The van der Waals surface area contributed by atoms with Crippen molar-refractivity contribution in [1.29, 1.82) is 0 Å². The predicted molar refractivity (Wildman–Crippen MR) is 61.3 cm³/mol. The van der Waals surface area contributed by atoms with Gasteiger partial charge in [-0.25, -0.2) is 0 Å². The minimum atomic E-state index is -0.182. The maximum atomic E-state index is 12.1. The van der Waals surface area contributed by atoms with Crippen LogP contribution in [-0.4, -0.2) is 35.8 Å². The van der Waals surface area contributed by atoms with Crippen LogP contribution < -0.4 is 5.32 Å². The van der Waals surface area contributed by atoms with Gasteiger partial charge in [-0.3, -0.25) is 14.5 Å². The fourth-order valence-corrected chi connectivity index (χ4v) is 2.59. The Hall–Kier alpha value is -1.20. The Morgan fingerprint density at radius 2 is 2.00 bits per heavy atom. The molecule has 0 radical (unpaired) electrons. The molecule has 1 fully saturated rings. The first-order chi connectivity index (χ1) is 7.70. The van der Waals surface area contributed by atoms with Crippen molar-refractivity contribution in [2.24, 2.45) is 0 Å². The number of rotatable bonds is 1. The van der Waals surface area contributed by atoms with Crippen LogP contribution in [0.4, 0.5) is 0 Å². The minimum absolute atomic E-state index is 0.0132. The van der Waals surface area contributed by atoms with Crippen molar-refractivity contribution in [1.82, 2.24) is 10.2 Å². The second-order valence-electron chi connectivity index (χ2n) is 3.95. The lowest BCUT2D eigenvalue weighted by molar-refractivity contribution is 0.0533. The van der Waals surface area contributed by atoms with E-state index < -0.39 is 0 Å². The molecular formula is C11H9BrN2O2. The maximum Gasteiger partial charge on any atom is 0.263 e. The molecule has 5 heteroatoms. The Kier molecular flexibility index (Phi) is 2.12. The van der Waals surface area contributed by atoms with Crippen molar-refractivity contribution < 1.29 is 9.59 Å². The largest absolute Gasteiger partial charge is 0.313 e. The van der Waals surface area contributed by atoms with Crippen LogP contribution in [0.15, 0.2) is 22.7 Å². The highest BCUT2D eigenvalue weighted by Crippen LogP contribution is 2.31. The number of benzene rings is 1. The van der Waals surface area contributed by atoms with Crippen LogP contribution in [0.3, 0.4) is 0 Å². The van der Waals surface area contributed by atoms with Gasteiger partial charge < -0.3 is 5.32 Å². The van der Waals surface area contributed by atoms with Gasteiger partial charge in [0.2, 0.25) is 0 Å². The first kappa shape index (κ1) is 9.99. The summed E-state index contributed by atoms with van der Waals surface area (Å²) in [7, 11) is 0. The van der Waals surface area contributed by atoms with Gasteiger partial charge in [0.15, 0.2) is 0 Å². The summed E-state index contributed by atoms with van der Waals surface area (Å²) in [6.45, 7) is 1.40. The monoisotopic (exact) mass is 280 g/mol. The summed E-state index contributed by atoms with van der Waals surface area (Å²) in [6, 6.07) is 5.27. The lowest BCUT2D eigenvalue weighted by Crippen LogP contribution is -2.58. The Labute approximate surface area is 101 Å². The Bertz CT molecular complexity index is 497. The van der Waals surface area contributed by atoms with E-state index >= 15 is 0 Å². The van der Waals surface area contributed by atoms with Gasteiger partial charge in [0, 0.05) is 17.6 Å². The standard InChI is InChI=1S/C11H9BrN2O2/c12-8-3-1-2-7-9(8)11(16)14(10(7)15)6-4-13-5-6/h1-3,6,13H,4-5H2. The summed E-state index contributed by atoms with van der Waals surface area (Å²) in [5.41, 5.74) is 1.01. The number of amides is 2. The normalized spacial score (nSPS) is 19.9. The van der Waals surface area contributed by atoms with Gasteiger partial charge in [-0.1, -0.05) is 6.07 Å². The molecule has 16 heavy (non-hydrogen) atoms. The van der Waals surface area contributed by atoms with E-state index in [0.717, 1.165) is 0 Å². The second-order valence-corrected chi connectivity index (χ2v) is 4.81. The Morgan fingerprint density at radius 1 is 1.25 bits per heavy atom. The lowest BCUT2D eigenvalue weighted by Gasteiger charge is -2.33. The number of carbonyl (C=O) groups excluding carboxylic acids is 2. The van der Waals surface area contributed by atoms with Gasteiger partial charge in [0.1, 0.15) is 0 Å². The fourth-order valence-electron chi connectivity index (χ4n) is 2.05. The summed E-state index contributed by atoms with van der Waals surface area (Å²) >= 11 is 3.32. The molecule has 0 spiro atoms. The van der Waals surface area contributed by atoms with Gasteiger partial charge in [0.25, 0.3) is 11.8 Å². The van der Waals surface area contributed by atoms with E-state index in [1.807, 2.05) is 0 Å². The van der Waals surface area contributed by atoms with Gasteiger partial charge >= 0.3 is 0 Å². The van der Waals surface area contributed by atoms with Crippen molar-refractivity contribution >= 4 is 27.7 Å². The summed E-state index contributed by atoms with van der Waals surface area (Å²) in [5.74, 6) is -0.355. The summed E-state index contributed by atoms with van der Waals surface area (Å²) in [5, 5.41) is 3.06. The molecule has 4 nitrogen and oxygen atoms in total. The molecular weight excluding hydrogens is 272 g/mol. The SMILES string of the molecule is O=C1c2cccc(Br)c2C(=O)N1C1CNC1. The zero-order chi connectivity index (χ0) is 11.3. The average Bonchev–Trinajstić information content (AvgIpc) is 2.42. The molecule has 0 bridgehead atoms. The van der Waals surface area contributed by atoms with E-state index in [4.69, 9.17) is 0 Å². The van der Waals surface area contributed by atoms with Crippen molar-refractivity contribution in [2.45, 2.75) is 6.04 Å². The topological polar surface area (TPSA) is 49.4 Å². The second kappa shape index (κ2) is 3.40. The van der Waals surface area contributed by atoms with Gasteiger partial charge in [0.05, 0.1) is 17.2 Å². The quantitative estimate of drug-likeness (QED) is 0.782. The van der Waals surface area contributed by atoms with Gasteiger partial charge in [-0.2, -0.15) is 0 Å². The number of carbonyl (C=O) groups is 2. The van der Waals surface area contributed by atoms with Crippen molar-refractivity contribution in [2.75, 3.05) is 13.1 Å². The molecule has 0 aliphatic carbocycles. The molecule has 0 saturated carbocycles. The minimum Gasteiger partial charge on any atom is -0.313 e. The molecule has 2 amide bonds. The molecule has 1 aromatic rings. The molecule has 0 unspecified atom stereocenters. The zero-order valence-electron chi connectivity index (χ0n) is 8.37. The third kappa shape index (κ3) is 1.18. The number of fused-ring (bicyclic) bond motifs is 1. The highest BCUT2D eigenvalue weighted by molar-refractivity contribution is 9.10. The summed E-state index contributed by atoms with van der Waals surface area (Å²) in [6.07, 6.45) is 0. The van der Waals surface area contributed by atoms with Gasteiger partial charge in [-0.15, -0.1) is 0 Å². The van der Waals surface area contributed by atoms with Crippen molar-refractivity contribution in [3.63, 3.8) is 0 Å². The maximum absolute atomic E-state index is 12.1. The van der Waals surface area contributed by atoms with Gasteiger partial charge in [-0.05, 0) is 28.1 Å². The van der Waals surface area contributed by atoms with Crippen LogP contribution in [0, 0.1) is 0 Å². The van der Waals surface area contributed by atoms with E-state index in [1.165, 1.54) is 4.90 Å². The van der Waals surface area contributed by atoms with E-state index in [-0.39, 0.29) is 17.9 Å². The molecule has 0 atom stereocenters. The van der Waals surface area contributed by atoms with Crippen molar-refractivity contribution in [3.8, 4) is 0 Å². The molecule has 2 aliphatic rings. The highest BCUT2D eigenvalue weighted by Gasteiger charge is 2.42. The lowest BCUT2D eigenvalue weighted by atomic mass is 10.1. The first-order valence-corrected chi connectivity index (χ1v) is 5.86. The van der Waals surface area contributed by atoms with E-state index in [9.17, 15) is 9.59 Å². The van der Waals surface area contributed by atoms with E-state index in [0.29, 0.717) is 28.7 Å². The summed E-state index contributed by atoms with van der Waals surface area (Å²) in [4.78, 5) is 25.5. The molecule has 82 valence electrons. The molecule has 1 N–H and O–H groups in total. The molecule has 2 aliphatic heterocycles. The van der Waals surface area contributed by atoms with Crippen LogP contribution in [0.25, 0.3) is 0 Å². The zero-order valence-corrected chi connectivity index (χ0v) is 9.95. The molecule has 3 rings (SSSR count). The van der Waals surface area contributed by atoms with E-state index in [2.05, 4.69) is 21.2 Å². The third-order valence-corrected chi connectivity index (χ3v) is 3.68. The molecule has 2 heterocycles. The smallest absolute Gasteiger partial charge is 0.263 e. The number of imide groups is 1. The van der Waals surface area contributed by atoms with Crippen molar-refractivity contribution in [3.05, 3.63) is 33.8 Å². The molecule has 1 aromatic carbocycles. The average molecular weight is 281 g/mol. The van der Waals surface area contributed by atoms with Crippen LogP contribution in [0.2, 0.25) is 0 Å². The number of halogens is 1. The molecule has 1 saturated heterocycles. The van der Waals surface area contributed by atoms with Crippen LogP contribution >= 0.6 is 15.9 Å². The van der Waals surface area contributed by atoms with Crippen LogP contribution in [-0.2, 0) is 0 Å². The first-order valence-electron chi connectivity index (χ1n) is 5.07. The number of hydrogen-bond acceptors (Lipinski definition) is 3. The summed E-state index contributed by atoms with van der Waals surface area (Å²) < 4.78 is 0.693. The number of nitrogens with zero attached hydrogens (tertiary/aromatic N) is 1. The Morgan fingerprint density at radius 3 is 2.56 bits per heavy atom. The Balaban J connectivity index is 2.09. The number of hydrogen-bond donors (Lipinski definition) is 1. The predicted octanol–water partition coefficient (Wildman–Crippen LogP) is 1.02. The third-order valence-electron chi connectivity index (χ3n) is 3.02. The molecule has 0 aromatic heterocycles. The van der Waals surface area contributed by atoms with Crippen LogP contribution in [0.1, 0.15) is 20.7 Å². The number of nitrogens with one attached hydrogen (secondary N) is 1. The highest BCUT2D eigenvalue weighted by atomic mass is 79.9.